The molecule has 1 atom stereocenters. The summed E-state index contributed by atoms with van der Waals surface area (Å²) >= 11 is 0. The van der Waals surface area contributed by atoms with E-state index in [1.807, 2.05) is 13.8 Å². The van der Waals surface area contributed by atoms with Gasteiger partial charge in [-0.2, -0.15) is 0 Å². The zero-order valence-corrected chi connectivity index (χ0v) is 10.8. The molecule has 0 radical (unpaired) electrons. The first-order chi connectivity index (χ1) is 7.97. The van der Waals surface area contributed by atoms with Gasteiger partial charge in [0, 0.05) is 0 Å². The molecule has 0 saturated carbocycles. The van der Waals surface area contributed by atoms with E-state index < -0.39 is 0 Å². The highest BCUT2D eigenvalue weighted by molar-refractivity contribution is 5.78. The lowest BCUT2D eigenvalue weighted by Gasteiger charge is -2.20. The van der Waals surface area contributed by atoms with Gasteiger partial charge in [-0.3, -0.25) is 4.79 Å². The molecule has 1 unspecified atom stereocenters. The van der Waals surface area contributed by atoms with Crippen molar-refractivity contribution in [3.8, 4) is 0 Å². The normalized spacial score (nSPS) is 12.6. The Kier molecular flexibility index (Phi) is 4.67. The number of carbonyl (C=O) groups is 1. The maximum atomic E-state index is 13.2. The molecule has 0 heterocycles. The lowest BCUT2D eigenvalue weighted by molar-refractivity contribution is -0.146. The number of carbonyl (C=O) groups excluding carboxylic acids is 1. The summed E-state index contributed by atoms with van der Waals surface area (Å²) in [6, 6.07) is 4.78. The van der Waals surface area contributed by atoms with Crippen LogP contribution in [0.2, 0.25) is 0 Å². The third-order valence-corrected chi connectivity index (χ3v) is 2.75. The summed E-state index contributed by atoms with van der Waals surface area (Å²) in [6.45, 7) is 7.76. The first-order valence-corrected chi connectivity index (χ1v) is 5.90. The van der Waals surface area contributed by atoms with Crippen LogP contribution >= 0.6 is 0 Å². The molecule has 17 heavy (non-hydrogen) atoms. The van der Waals surface area contributed by atoms with Gasteiger partial charge in [0.25, 0.3) is 0 Å². The zero-order valence-electron chi connectivity index (χ0n) is 10.8. The van der Waals surface area contributed by atoms with Crippen LogP contribution in [-0.2, 0) is 9.53 Å². The quantitative estimate of drug-likeness (QED) is 0.751. The highest BCUT2D eigenvalue weighted by atomic mass is 19.1. The number of ether oxygens (including phenoxy) is 1. The van der Waals surface area contributed by atoms with Gasteiger partial charge >= 0.3 is 5.97 Å². The minimum atomic E-state index is -0.325. The lowest BCUT2D eigenvalue weighted by Crippen LogP contribution is -2.21. The minimum Gasteiger partial charge on any atom is -0.466 e. The largest absolute Gasteiger partial charge is 0.466 e. The van der Waals surface area contributed by atoms with E-state index in [0.717, 1.165) is 5.56 Å². The number of hydrogen-bond acceptors (Lipinski definition) is 2. The van der Waals surface area contributed by atoms with Gasteiger partial charge in [-0.05, 0) is 37.0 Å². The van der Waals surface area contributed by atoms with Crippen LogP contribution in [0.25, 0.3) is 0 Å². The predicted octanol–water partition coefficient (Wildman–Crippen LogP) is 3.44. The van der Waals surface area contributed by atoms with Crippen molar-refractivity contribution < 1.29 is 13.9 Å². The van der Waals surface area contributed by atoms with Crippen molar-refractivity contribution in [3.63, 3.8) is 0 Å². The third kappa shape index (κ3) is 3.29. The molecule has 1 aromatic carbocycles. The summed E-state index contributed by atoms with van der Waals surface area (Å²) in [7, 11) is 0. The van der Waals surface area contributed by atoms with Gasteiger partial charge in [0.2, 0.25) is 0 Å². The molecule has 0 fully saturated rings. The maximum Gasteiger partial charge on any atom is 0.313 e. The van der Waals surface area contributed by atoms with Crippen LogP contribution in [0.4, 0.5) is 4.39 Å². The Hall–Kier alpha value is -1.38. The Balaban J connectivity index is 3.05. The highest BCUT2D eigenvalue weighted by Gasteiger charge is 2.25. The number of aryl methyl sites for hydroxylation is 1. The second-order valence-corrected chi connectivity index (χ2v) is 4.48. The van der Waals surface area contributed by atoms with Crippen LogP contribution in [-0.4, -0.2) is 12.6 Å². The first-order valence-electron chi connectivity index (χ1n) is 5.90. The zero-order chi connectivity index (χ0) is 13.0. The molecule has 2 nitrogen and oxygen atoms in total. The Bertz CT molecular complexity index is 399. The standard InChI is InChI=1S/C14H19FO2/c1-5-17-14(16)13(9(2)3)11-6-7-12(15)10(4)8-11/h6-9,13H,5H2,1-4H3. The van der Waals surface area contributed by atoms with Crippen molar-refractivity contribution in [2.75, 3.05) is 6.61 Å². The second-order valence-electron chi connectivity index (χ2n) is 4.48. The summed E-state index contributed by atoms with van der Waals surface area (Å²) in [5.74, 6) is -0.693. The summed E-state index contributed by atoms with van der Waals surface area (Å²) in [4.78, 5) is 11.9. The SMILES string of the molecule is CCOC(=O)C(c1ccc(F)c(C)c1)C(C)C. The molecule has 0 saturated heterocycles. The molecule has 0 aliphatic rings. The van der Waals surface area contributed by atoms with Crippen molar-refractivity contribution in [2.24, 2.45) is 5.92 Å². The van der Waals surface area contributed by atoms with Crippen molar-refractivity contribution in [1.29, 1.82) is 0 Å². The van der Waals surface area contributed by atoms with Crippen LogP contribution in [0.1, 0.15) is 37.8 Å². The lowest BCUT2D eigenvalue weighted by atomic mass is 9.88. The van der Waals surface area contributed by atoms with E-state index in [4.69, 9.17) is 4.74 Å². The predicted molar refractivity (Wildman–Crippen MR) is 65.3 cm³/mol. The average molecular weight is 238 g/mol. The molecule has 0 N–H and O–H groups in total. The number of halogens is 1. The van der Waals surface area contributed by atoms with E-state index >= 15 is 0 Å². The monoisotopic (exact) mass is 238 g/mol. The molecule has 0 amide bonds. The molecule has 0 aliphatic heterocycles. The number of rotatable bonds is 4. The van der Waals surface area contributed by atoms with Crippen molar-refractivity contribution in [3.05, 3.63) is 35.1 Å². The van der Waals surface area contributed by atoms with Crippen LogP contribution < -0.4 is 0 Å². The molecule has 1 aromatic rings. The van der Waals surface area contributed by atoms with Crippen molar-refractivity contribution in [1.82, 2.24) is 0 Å². The van der Waals surface area contributed by atoms with Gasteiger partial charge in [0.15, 0.2) is 0 Å². The molecule has 0 aromatic heterocycles. The van der Waals surface area contributed by atoms with E-state index in [1.54, 1.807) is 26.0 Å². The Labute approximate surface area is 102 Å². The van der Waals surface area contributed by atoms with E-state index in [9.17, 15) is 9.18 Å². The van der Waals surface area contributed by atoms with Crippen molar-refractivity contribution >= 4 is 5.97 Å². The summed E-state index contributed by atoms with van der Waals surface area (Å²) in [5.41, 5.74) is 1.37. The van der Waals surface area contributed by atoms with Gasteiger partial charge in [-0.1, -0.05) is 26.0 Å². The van der Waals surface area contributed by atoms with Crippen LogP contribution in [0.3, 0.4) is 0 Å². The third-order valence-electron chi connectivity index (χ3n) is 2.75. The summed E-state index contributed by atoms with van der Waals surface area (Å²) in [6.07, 6.45) is 0. The van der Waals surface area contributed by atoms with Crippen LogP contribution in [0.5, 0.6) is 0 Å². The fraction of sp³-hybridized carbons (Fsp3) is 0.500. The molecular weight excluding hydrogens is 219 g/mol. The van der Waals surface area contributed by atoms with E-state index in [0.29, 0.717) is 12.2 Å². The smallest absolute Gasteiger partial charge is 0.313 e. The number of benzene rings is 1. The Morgan fingerprint density at radius 2 is 2.06 bits per heavy atom. The Morgan fingerprint density at radius 3 is 2.53 bits per heavy atom. The molecule has 0 spiro atoms. The van der Waals surface area contributed by atoms with Crippen LogP contribution in [0, 0.1) is 18.7 Å². The van der Waals surface area contributed by atoms with Crippen molar-refractivity contribution in [2.45, 2.75) is 33.6 Å². The van der Waals surface area contributed by atoms with Gasteiger partial charge in [0.05, 0.1) is 12.5 Å². The molecule has 94 valence electrons. The molecule has 0 aliphatic carbocycles. The van der Waals surface area contributed by atoms with Gasteiger partial charge in [-0.25, -0.2) is 4.39 Å². The topological polar surface area (TPSA) is 26.3 Å². The van der Waals surface area contributed by atoms with Crippen LogP contribution in [0.15, 0.2) is 18.2 Å². The number of esters is 1. The minimum absolute atomic E-state index is 0.124. The maximum absolute atomic E-state index is 13.2. The Morgan fingerprint density at radius 1 is 1.41 bits per heavy atom. The second kappa shape index (κ2) is 5.80. The number of hydrogen-bond donors (Lipinski definition) is 0. The highest BCUT2D eigenvalue weighted by Crippen LogP contribution is 2.27. The van der Waals surface area contributed by atoms with Gasteiger partial charge in [-0.15, -0.1) is 0 Å². The molecule has 1 rings (SSSR count). The fourth-order valence-electron chi connectivity index (χ4n) is 1.89. The van der Waals surface area contributed by atoms with E-state index in [1.165, 1.54) is 6.07 Å². The fourth-order valence-corrected chi connectivity index (χ4v) is 1.89. The average Bonchev–Trinajstić information content (AvgIpc) is 2.23. The molecule has 0 bridgehead atoms. The summed E-state index contributed by atoms with van der Waals surface area (Å²) < 4.78 is 18.3. The van der Waals surface area contributed by atoms with Gasteiger partial charge < -0.3 is 4.74 Å². The first kappa shape index (κ1) is 13.7. The van der Waals surface area contributed by atoms with E-state index in [-0.39, 0.29) is 23.6 Å². The summed E-state index contributed by atoms with van der Waals surface area (Å²) in [5, 5.41) is 0. The molecule has 3 heteroatoms. The van der Waals surface area contributed by atoms with E-state index in [2.05, 4.69) is 0 Å². The van der Waals surface area contributed by atoms with Gasteiger partial charge in [0.1, 0.15) is 5.82 Å². The molecular formula is C14H19FO2.